The summed E-state index contributed by atoms with van der Waals surface area (Å²) < 4.78 is 4.96. The van der Waals surface area contributed by atoms with Gasteiger partial charge in [-0.05, 0) is 22.6 Å². The molecule has 0 fully saturated rings. The number of rotatable bonds is 3. The number of likely N-dealkylation sites (N-methyl/N-ethyl adjacent to an activating group) is 1. The summed E-state index contributed by atoms with van der Waals surface area (Å²) in [6.45, 7) is 0.0585. The average molecular weight is 323 g/mol. The minimum absolute atomic E-state index is 0.0585. The highest BCUT2D eigenvalue weighted by molar-refractivity contribution is 14.1. The lowest BCUT2D eigenvalue weighted by Crippen LogP contribution is -2.29. The third kappa shape index (κ3) is 2.91. The first-order valence-corrected chi connectivity index (χ1v) is 5.15. The molecule has 0 aromatic carbocycles. The first-order chi connectivity index (χ1) is 7.06. The van der Waals surface area contributed by atoms with Crippen LogP contribution in [0.2, 0.25) is 0 Å². The molecule has 7 heteroatoms. The van der Waals surface area contributed by atoms with Crippen LogP contribution in [0.4, 0.5) is 5.82 Å². The Kier molecular flexibility index (Phi) is 4.06. The number of aromatic amines is 1. The zero-order valence-corrected chi connectivity index (χ0v) is 10.4. The second-order valence-electron chi connectivity index (χ2n) is 2.80. The maximum atomic E-state index is 11.3. The number of halogens is 1. The third-order valence-corrected chi connectivity index (χ3v) is 2.71. The van der Waals surface area contributed by atoms with Gasteiger partial charge in [-0.2, -0.15) is 0 Å². The van der Waals surface area contributed by atoms with Crippen molar-refractivity contribution in [2.24, 2.45) is 0 Å². The van der Waals surface area contributed by atoms with Crippen molar-refractivity contribution in [3.8, 4) is 0 Å². The molecule has 82 valence electrons. The van der Waals surface area contributed by atoms with E-state index in [1.54, 1.807) is 11.9 Å². The standard InChI is InChI=1S/C8H10IN3O3/c1-12(3-5(13)15-2)7-6(9)8(14)11-4-10-7/h4H,3H2,1-2H3,(H,10,11,14). The largest absolute Gasteiger partial charge is 0.468 e. The van der Waals surface area contributed by atoms with E-state index >= 15 is 0 Å². The Bertz CT molecular complexity index is 418. The van der Waals surface area contributed by atoms with E-state index in [9.17, 15) is 9.59 Å². The molecule has 0 aliphatic rings. The van der Waals surface area contributed by atoms with Gasteiger partial charge in [0.05, 0.1) is 13.4 Å². The zero-order valence-electron chi connectivity index (χ0n) is 8.28. The van der Waals surface area contributed by atoms with Crippen molar-refractivity contribution in [3.63, 3.8) is 0 Å². The van der Waals surface area contributed by atoms with Gasteiger partial charge in [-0.3, -0.25) is 9.59 Å². The van der Waals surface area contributed by atoms with Crippen molar-refractivity contribution in [2.45, 2.75) is 0 Å². The summed E-state index contributed by atoms with van der Waals surface area (Å²) in [4.78, 5) is 30.3. The predicted molar refractivity (Wildman–Crippen MR) is 62.9 cm³/mol. The van der Waals surface area contributed by atoms with E-state index < -0.39 is 0 Å². The molecule has 6 nitrogen and oxygen atoms in total. The minimum atomic E-state index is -0.379. The second kappa shape index (κ2) is 5.10. The molecule has 1 aromatic heterocycles. The molecule has 0 radical (unpaired) electrons. The van der Waals surface area contributed by atoms with Crippen molar-refractivity contribution < 1.29 is 9.53 Å². The number of ether oxygens (including phenoxy) is 1. The first-order valence-electron chi connectivity index (χ1n) is 4.07. The molecule has 1 aromatic rings. The molecule has 0 atom stereocenters. The molecule has 0 amide bonds. The summed E-state index contributed by atoms with van der Waals surface area (Å²) in [5, 5.41) is 0. The quantitative estimate of drug-likeness (QED) is 0.625. The minimum Gasteiger partial charge on any atom is -0.468 e. The summed E-state index contributed by atoms with van der Waals surface area (Å²) in [7, 11) is 2.98. The number of methoxy groups -OCH3 is 1. The van der Waals surface area contributed by atoms with Crippen molar-refractivity contribution in [2.75, 3.05) is 25.6 Å². The number of nitrogens with one attached hydrogen (secondary N) is 1. The highest BCUT2D eigenvalue weighted by Gasteiger charge is 2.13. The van der Waals surface area contributed by atoms with E-state index in [0.717, 1.165) is 0 Å². The lowest BCUT2D eigenvalue weighted by Gasteiger charge is -2.16. The molecule has 0 aliphatic heterocycles. The van der Waals surface area contributed by atoms with E-state index in [1.807, 2.05) is 22.6 Å². The highest BCUT2D eigenvalue weighted by Crippen LogP contribution is 2.12. The number of hydrogen-bond donors (Lipinski definition) is 1. The Labute approximate surface area is 99.8 Å². The van der Waals surface area contributed by atoms with Crippen LogP contribution in [0.25, 0.3) is 0 Å². The molecular formula is C8H10IN3O3. The molecule has 1 N–H and O–H groups in total. The Morgan fingerprint density at radius 3 is 3.00 bits per heavy atom. The van der Waals surface area contributed by atoms with Crippen LogP contribution >= 0.6 is 22.6 Å². The van der Waals surface area contributed by atoms with Crippen LogP contribution in [-0.4, -0.2) is 36.6 Å². The predicted octanol–water partition coefficient (Wildman–Crippen LogP) is -0.0163. The molecule has 0 aliphatic carbocycles. The summed E-state index contributed by atoms with van der Waals surface area (Å²) in [5.74, 6) is 0.0835. The summed E-state index contributed by atoms with van der Waals surface area (Å²) in [5.41, 5.74) is -0.225. The van der Waals surface area contributed by atoms with Gasteiger partial charge in [0.15, 0.2) is 0 Å². The van der Waals surface area contributed by atoms with Crippen molar-refractivity contribution >= 4 is 34.4 Å². The molecule has 0 bridgehead atoms. The maximum Gasteiger partial charge on any atom is 0.325 e. The molecule has 0 spiro atoms. The monoisotopic (exact) mass is 323 g/mol. The fraction of sp³-hybridized carbons (Fsp3) is 0.375. The van der Waals surface area contributed by atoms with E-state index in [2.05, 4.69) is 14.7 Å². The number of carbonyl (C=O) groups excluding carboxylic acids is 1. The summed E-state index contributed by atoms with van der Waals surface area (Å²) in [6, 6.07) is 0. The molecule has 1 heterocycles. The van der Waals surface area contributed by atoms with E-state index in [4.69, 9.17) is 0 Å². The van der Waals surface area contributed by atoms with Gasteiger partial charge in [-0.25, -0.2) is 4.98 Å². The number of anilines is 1. The lowest BCUT2D eigenvalue weighted by atomic mass is 10.5. The molecule has 1 rings (SSSR count). The van der Waals surface area contributed by atoms with E-state index in [-0.39, 0.29) is 18.1 Å². The Morgan fingerprint density at radius 1 is 1.73 bits per heavy atom. The smallest absolute Gasteiger partial charge is 0.325 e. The first kappa shape index (κ1) is 12.0. The van der Waals surface area contributed by atoms with E-state index in [1.165, 1.54) is 13.4 Å². The number of H-pyrrole nitrogens is 1. The third-order valence-electron chi connectivity index (χ3n) is 1.73. The SMILES string of the molecule is COC(=O)CN(C)c1nc[nH]c(=O)c1I. The fourth-order valence-electron chi connectivity index (χ4n) is 0.973. The summed E-state index contributed by atoms with van der Waals surface area (Å²) >= 11 is 1.88. The van der Waals surface area contributed by atoms with Gasteiger partial charge in [0, 0.05) is 7.05 Å². The van der Waals surface area contributed by atoms with Gasteiger partial charge < -0.3 is 14.6 Å². The average Bonchev–Trinajstić information content (AvgIpc) is 2.21. The molecule has 0 saturated carbocycles. The molecule has 0 unspecified atom stereocenters. The topological polar surface area (TPSA) is 75.3 Å². The maximum absolute atomic E-state index is 11.3. The van der Waals surface area contributed by atoms with Crippen molar-refractivity contribution in [3.05, 3.63) is 20.3 Å². The van der Waals surface area contributed by atoms with Gasteiger partial charge in [0.25, 0.3) is 5.56 Å². The number of esters is 1. The van der Waals surface area contributed by atoms with E-state index in [0.29, 0.717) is 9.39 Å². The number of carbonyl (C=O) groups is 1. The van der Waals surface area contributed by atoms with Gasteiger partial charge in [0.2, 0.25) is 0 Å². The molecule has 0 saturated heterocycles. The molecular weight excluding hydrogens is 313 g/mol. The lowest BCUT2D eigenvalue weighted by molar-refractivity contribution is -0.138. The Balaban J connectivity index is 2.91. The van der Waals surface area contributed by atoms with Crippen LogP contribution in [0.15, 0.2) is 11.1 Å². The van der Waals surface area contributed by atoms with Crippen LogP contribution in [0.1, 0.15) is 0 Å². The fourth-order valence-corrected chi connectivity index (χ4v) is 1.68. The van der Waals surface area contributed by atoms with Crippen LogP contribution < -0.4 is 10.5 Å². The highest BCUT2D eigenvalue weighted by atomic mass is 127. The second-order valence-corrected chi connectivity index (χ2v) is 3.88. The van der Waals surface area contributed by atoms with Gasteiger partial charge in [-0.1, -0.05) is 0 Å². The van der Waals surface area contributed by atoms with Gasteiger partial charge >= 0.3 is 5.97 Å². The Hall–Kier alpha value is -1.12. The van der Waals surface area contributed by atoms with Gasteiger partial charge in [-0.15, -0.1) is 0 Å². The normalized spacial score (nSPS) is 9.80. The van der Waals surface area contributed by atoms with Crippen LogP contribution in [0, 0.1) is 3.57 Å². The van der Waals surface area contributed by atoms with Crippen molar-refractivity contribution in [1.82, 2.24) is 9.97 Å². The number of hydrogen-bond acceptors (Lipinski definition) is 5. The van der Waals surface area contributed by atoms with Crippen LogP contribution in [0.3, 0.4) is 0 Å². The van der Waals surface area contributed by atoms with Crippen LogP contribution in [-0.2, 0) is 9.53 Å². The summed E-state index contributed by atoms with van der Waals surface area (Å²) in [6.07, 6.45) is 1.30. The number of nitrogens with zero attached hydrogens (tertiary/aromatic N) is 2. The number of aromatic nitrogens is 2. The molecule has 15 heavy (non-hydrogen) atoms. The van der Waals surface area contributed by atoms with Crippen LogP contribution in [0.5, 0.6) is 0 Å². The Morgan fingerprint density at radius 2 is 2.40 bits per heavy atom. The zero-order chi connectivity index (χ0) is 11.4. The van der Waals surface area contributed by atoms with Crippen molar-refractivity contribution in [1.29, 1.82) is 0 Å². The van der Waals surface area contributed by atoms with Gasteiger partial charge in [0.1, 0.15) is 15.9 Å².